The molecule has 2 bridgehead atoms. The largest absolute Gasteiger partial charge is 0.444 e. The second-order valence-corrected chi connectivity index (χ2v) is 13.9. The Morgan fingerprint density at radius 1 is 1.00 bits per heavy atom. The Morgan fingerprint density at radius 3 is 2.31 bits per heavy atom. The van der Waals surface area contributed by atoms with Gasteiger partial charge in [0.25, 0.3) is 11.8 Å². The molecule has 3 aromatic rings. The highest BCUT2D eigenvalue weighted by atomic mass is 16.6. The standard InChI is InChI=1S/C33H44N8O4/c1-7-20-8-10-23(14-20)41-26(30(43)38(5)6)15-22-17-35-31(37-28(22)41)36-27-13-9-21(16-34-27)29(42)39-18-24-11-12-25(19-39)40(24)32(44)45-33(2,3)4/h9,13,15-17,20,23-25H,7-8,10-12,14,18-19H2,1-6H3,(H,34,35,36,37)/t20-,23+,24?,25?/m0/s1. The molecule has 0 spiro atoms. The van der Waals surface area contributed by atoms with Crippen molar-refractivity contribution in [1.29, 1.82) is 0 Å². The predicted molar refractivity (Wildman–Crippen MR) is 171 cm³/mol. The van der Waals surface area contributed by atoms with Crippen LogP contribution in [-0.4, -0.2) is 97.0 Å². The van der Waals surface area contributed by atoms with Crippen LogP contribution in [0.3, 0.4) is 0 Å². The molecule has 3 fully saturated rings. The maximum atomic E-state index is 13.4. The van der Waals surface area contributed by atoms with E-state index in [1.807, 2.05) is 36.6 Å². The molecule has 2 saturated heterocycles. The number of nitrogens with one attached hydrogen (secondary N) is 1. The van der Waals surface area contributed by atoms with Crippen molar-refractivity contribution in [1.82, 2.24) is 34.2 Å². The number of hydrogen-bond acceptors (Lipinski definition) is 8. The summed E-state index contributed by atoms with van der Waals surface area (Å²) in [6.07, 6.45) is 9.01. The van der Waals surface area contributed by atoms with Gasteiger partial charge in [0.15, 0.2) is 0 Å². The molecule has 0 radical (unpaired) electrons. The lowest BCUT2D eigenvalue weighted by molar-refractivity contribution is -0.00336. The first-order valence-electron chi connectivity index (χ1n) is 16.0. The van der Waals surface area contributed by atoms with Crippen LogP contribution < -0.4 is 5.32 Å². The first-order valence-corrected chi connectivity index (χ1v) is 16.0. The van der Waals surface area contributed by atoms with Crippen molar-refractivity contribution in [2.75, 3.05) is 32.5 Å². The first-order chi connectivity index (χ1) is 21.4. The van der Waals surface area contributed by atoms with Crippen LogP contribution in [0.15, 0.2) is 30.6 Å². The van der Waals surface area contributed by atoms with Gasteiger partial charge in [-0.25, -0.2) is 14.8 Å². The van der Waals surface area contributed by atoms with Gasteiger partial charge in [-0.3, -0.25) is 14.5 Å². The van der Waals surface area contributed by atoms with Crippen LogP contribution in [0, 0.1) is 5.92 Å². The monoisotopic (exact) mass is 616 g/mol. The number of rotatable bonds is 6. The van der Waals surface area contributed by atoms with Gasteiger partial charge >= 0.3 is 6.09 Å². The number of anilines is 2. The number of carbonyl (C=O) groups excluding carboxylic acids is 3. The summed E-state index contributed by atoms with van der Waals surface area (Å²) >= 11 is 0. The maximum absolute atomic E-state index is 13.4. The van der Waals surface area contributed by atoms with Gasteiger partial charge in [0.1, 0.15) is 22.8 Å². The summed E-state index contributed by atoms with van der Waals surface area (Å²) in [5.41, 5.74) is 1.28. The van der Waals surface area contributed by atoms with Crippen molar-refractivity contribution in [3.63, 3.8) is 0 Å². The highest BCUT2D eigenvalue weighted by molar-refractivity contribution is 5.98. The van der Waals surface area contributed by atoms with Gasteiger partial charge in [-0.2, -0.15) is 4.98 Å². The number of hydrogen-bond donors (Lipinski definition) is 1. The van der Waals surface area contributed by atoms with Gasteiger partial charge in [-0.05, 0) is 77.0 Å². The Morgan fingerprint density at radius 2 is 1.71 bits per heavy atom. The Kier molecular flexibility index (Phi) is 8.17. The number of pyridine rings is 1. The van der Waals surface area contributed by atoms with E-state index in [2.05, 4.69) is 26.8 Å². The number of carbonyl (C=O) groups is 3. The van der Waals surface area contributed by atoms with Gasteiger partial charge < -0.3 is 24.4 Å². The highest BCUT2D eigenvalue weighted by Crippen LogP contribution is 2.39. The van der Waals surface area contributed by atoms with Crippen molar-refractivity contribution >= 4 is 40.7 Å². The van der Waals surface area contributed by atoms with Crippen molar-refractivity contribution in [2.45, 2.75) is 89.9 Å². The number of fused-ring (bicyclic) bond motifs is 3. The van der Waals surface area contributed by atoms with Gasteiger partial charge in [-0.1, -0.05) is 13.3 Å². The Hall–Kier alpha value is -4.22. The first kappa shape index (κ1) is 30.8. The fourth-order valence-electron chi connectivity index (χ4n) is 7.06. The predicted octanol–water partition coefficient (Wildman–Crippen LogP) is 5.25. The molecule has 3 aromatic heterocycles. The molecule has 5 heterocycles. The number of aromatic nitrogens is 4. The average Bonchev–Trinajstić information content (AvgIpc) is 3.69. The van der Waals surface area contributed by atoms with E-state index in [4.69, 9.17) is 9.72 Å². The molecule has 3 aliphatic rings. The van der Waals surface area contributed by atoms with Gasteiger partial charge in [0.05, 0.1) is 17.6 Å². The molecule has 1 aliphatic carbocycles. The van der Waals surface area contributed by atoms with Crippen molar-refractivity contribution in [3.8, 4) is 0 Å². The Balaban J connectivity index is 1.16. The molecule has 45 heavy (non-hydrogen) atoms. The summed E-state index contributed by atoms with van der Waals surface area (Å²) in [5, 5.41) is 4.00. The number of ether oxygens (including phenoxy) is 1. The molecule has 1 saturated carbocycles. The van der Waals surface area contributed by atoms with Crippen LogP contribution in [0.2, 0.25) is 0 Å². The maximum Gasteiger partial charge on any atom is 0.410 e. The van der Waals surface area contributed by atoms with E-state index in [-0.39, 0.29) is 36.0 Å². The zero-order valence-electron chi connectivity index (χ0n) is 27.1. The number of amides is 3. The third-order valence-corrected chi connectivity index (χ3v) is 9.28. The molecule has 3 amide bonds. The minimum absolute atomic E-state index is 0.0481. The van der Waals surface area contributed by atoms with E-state index in [9.17, 15) is 14.4 Å². The smallest absolute Gasteiger partial charge is 0.410 e. The highest BCUT2D eigenvalue weighted by Gasteiger charge is 2.45. The van der Waals surface area contributed by atoms with E-state index in [1.54, 1.807) is 43.5 Å². The van der Waals surface area contributed by atoms with Crippen LogP contribution in [-0.2, 0) is 4.74 Å². The number of nitrogens with zero attached hydrogens (tertiary/aromatic N) is 7. The fraction of sp³-hybridized carbons (Fsp3) is 0.576. The van der Waals surface area contributed by atoms with Crippen LogP contribution in [0.4, 0.5) is 16.6 Å². The van der Waals surface area contributed by atoms with Crippen molar-refractivity contribution < 1.29 is 19.1 Å². The van der Waals surface area contributed by atoms with E-state index in [1.165, 1.54) is 0 Å². The zero-order chi connectivity index (χ0) is 32.0. The molecule has 2 aliphatic heterocycles. The lowest BCUT2D eigenvalue weighted by Crippen LogP contribution is -2.57. The Labute approximate surface area is 264 Å². The third-order valence-electron chi connectivity index (χ3n) is 9.28. The summed E-state index contributed by atoms with van der Waals surface area (Å²) < 4.78 is 7.73. The Bertz CT molecular complexity index is 1580. The molecule has 2 unspecified atom stereocenters. The van der Waals surface area contributed by atoms with Crippen LogP contribution in [0.5, 0.6) is 0 Å². The van der Waals surface area contributed by atoms with Crippen molar-refractivity contribution in [2.24, 2.45) is 5.92 Å². The molecule has 12 heteroatoms. The van der Waals surface area contributed by atoms with Gasteiger partial charge in [0, 0.05) is 51.0 Å². The van der Waals surface area contributed by atoms with E-state index < -0.39 is 5.60 Å². The average molecular weight is 617 g/mol. The minimum atomic E-state index is -0.561. The minimum Gasteiger partial charge on any atom is -0.444 e. The zero-order valence-corrected chi connectivity index (χ0v) is 27.1. The molecular weight excluding hydrogens is 572 g/mol. The molecule has 0 aromatic carbocycles. The van der Waals surface area contributed by atoms with E-state index in [0.29, 0.717) is 42.0 Å². The molecule has 4 atom stereocenters. The third kappa shape index (κ3) is 6.19. The van der Waals surface area contributed by atoms with Crippen molar-refractivity contribution in [3.05, 3.63) is 41.9 Å². The van der Waals surface area contributed by atoms with Crippen LogP contribution in [0.25, 0.3) is 11.0 Å². The summed E-state index contributed by atoms with van der Waals surface area (Å²) in [6.45, 7) is 8.76. The lowest BCUT2D eigenvalue weighted by atomic mass is 10.1. The van der Waals surface area contributed by atoms with Gasteiger partial charge in [0.2, 0.25) is 5.95 Å². The second kappa shape index (κ2) is 11.9. The molecule has 240 valence electrons. The summed E-state index contributed by atoms with van der Waals surface area (Å²) in [6, 6.07) is 5.49. The summed E-state index contributed by atoms with van der Waals surface area (Å²) in [4.78, 5) is 58.4. The molecule has 12 nitrogen and oxygen atoms in total. The number of likely N-dealkylation sites (tertiary alicyclic amines) is 1. The van der Waals surface area contributed by atoms with Gasteiger partial charge in [-0.15, -0.1) is 0 Å². The summed E-state index contributed by atoms with van der Waals surface area (Å²) in [7, 11) is 3.53. The molecular formula is C33H44N8O4. The SMILES string of the molecule is CC[C@H]1CC[C@@H](n2c(C(=O)N(C)C)cc3cnc(Nc4ccc(C(=O)N5CC6CCC(C5)N6C(=O)OC(C)(C)C)cn4)nc32)C1. The van der Waals surface area contributed by atoms with E-state index >= 15 is 0 Å². The molecule has 1 N–H and O–H groups in total. The summed E-state index contributed by atoms with van der Waals surface area (Å²) in [5.74, 6) is 1.37. The van der Waals surface area contributed by atoms with Crippen LogP contribution in [0.1, 0.15) is 93.1 Å². The van der Waals surface area contributed by atoms with E-state index in [0.717, 1.165) is 49.6 Å². The normalized spacial score (nSPS) is 23.0. The second-order valence-electron chi connectivity index (χ2n) is 13.9. The quantitative estimate of drug-likeness (QED) is 0.398. The topological polar surface area (TPSA) is 126 Å². The lowest BCUT2D eigenvalue weighted by Gasteiger charge is -2.41. The number of piperazine rings is 1. The van der Waals surface area contributed by atoms with Crippen LogP contribution >= 0.6 is 0 Å². The fourth-order valence-corrected chi connectivity index (χ4v) is 7.06. The molecule has 6 rings (SSSR count).